The zero-order valence-electron chi connectivity index (χ0n) is 17.9. The molecule has 0 radical (unpaired) electrons. The molecule has 156 valence electrons. The van der Waals surface area contributed by atoms with Crippen LogP contribution in [0.15, 0.2) is 24.3 Å². The molecule has 28 heavy (non-hydrogen) atoms. The van der Waals surface area contributed by atoms with Crippen molar-refractivity contribution >= 4 is 5.91 Å². The van der Waals surface area contributed by atoms with Crippen molar-refractivity contribution < 1.29 is 9.53 Å². The van der Waals surface area contributed by atoms with E-state index in [4.69, 9.17) is 4.74 Å². The molecular formula is C23H37N3O2. The molecule has 2 heterocycles. The summed E-state index contributed by atoms with van der Waals surface area (Å²) in [7, 11) is 4.03. The molecule has 2 fully saturated rings. The van der Waals surface area contributed by atoms with Crippen molar-refractivity contribution in [1.29, 1.82) is 0 Å². The fourth-order valence-electron chi connectivity index (χ4n) is 4.76. The van der Waals surface area contributed by atoms with Crippen molar-refractivity contribution in [1.82, 2.24) is 14.7 Å². The average Bonchev–Trinajstić information content (AvgIpc) is 2.73. The number of carbonyl (C=O) groups excluding carboxylic acids is 1. The van der Waals surface area contributed by atoms with Crippen LogP contribution >= 0.6 is 0 Å². The van der Waals surface area contributed by atoms with Crippen LogP contribution in [0.5, 0.6) is 5.75 Å². The van der Waals surface area contributed by atoms with E-state index in [1.54, 1.807) is 14.0 Å². The standard InChI is InChI=1S/C23H37N3O2/c1-19(27)26-16-11-22(12-17-26)24(2)18-20-8-13-25(14-9-20)15-10-21-6-4-5-7-23(21)28-3/h4-7,20,22H,8-18H2,1-3H3. The van der Waals surface area contributed by atoms with Gasteiger partial charge in [0.2, 0.25) is 5.91 Å². The molecule has 5 nitrogen and oxygen atoms in total. The maximum atomic E-state index is 11.5. The first-order valence-electron chi connectivity index (χ1n) is 10.9. The van der Waals surface area contributed by atoms with Gasteiger partial charge in [0.1, 0.15) is 5.75 Å². The number of methoxy groups -OCH3 is 1. The van der Waals surface area contributed by atoms with E-state index in [1.807, 2.05) is 11.0 Å². The predicted molar refractivity (Wildman–Crippen MR) is 114 cm³/mol. The summed E-state index contributed by atoms with van der Waals surface area (Å²) in [6, 6.07) is 9.00. The average molecular weight is 388 g/mol. The van der Waals surface area contributed by atoms with E-state index in [1.165, 1.54) is 38.0 Å². The first kappa shape index (κ1) is 21.1. The number of rotatable bonds is 7. The molecule has 0 saturated carbocycles. The fraction of sp³-hybridized carbons (Fsp3) is 0.696. The Morgan fingerprint density at radius 1 is 1.11 bits per heavy atom. The van der Waals surface area contributed by atoms with Crippen molar-refractivity contribution in [3.63, 3.8) is 0 Å². The Hall–Kier alpha value is -1.59. The van der Waals surface area contributed by atoms with Gasteiger partial charge in [-0.25, -0.2) is 0 Å². The minimum atomic E-state index is 0.224. The highest BCUT2D eigenvalue weighted by Gasteiger charge is 2.26. The number of nitrogens with zero attached hydrogens (tertiary/aromatic N) is 3. The highest BCUT2D eigenvalue weighted by molar-refractivity contribution is 5.73. The summed E-state index contributed by atoms with van der Waals surface area (Å²) in [6.45, 7) is 8.26. The summed E-state index contributed by atoms with van der Waals surface area (Å²) in [4.78, 5) is 18.7. The van der Waals surface area contributed by atoms with Gasteiger partial charge in [-0.05, 0) is 69.8 Å². The van der Waals surface area contributed by atoms with E-state index in [0.717, 1.165) is 50.6 Å². The molecule has 0 atom stereocenters. The molecule has 1 amide bonds. The zero-order chi connectivity index (χ0) is 19.9. The molecule has 3 rings (SSSR count). The number of piperidine rings is 2. The van der Waals surface area contributed by atoms with E-state index in [0.29, 0.717) is 6.04 Å². The van der Waals surface area contributed by atoms with Crippen molar-refractivity contribution in [3.05, 3.63) is 29.8 Å². The molecule has 2 aliphatic heterocycles. The smallest absolute Gasteiger partial charge is 0.219 e. The largest absolute Gasteiger partial charge is 0.496 e. The lowest BCUT2D eigenvalue weighted by molar-refractivity contribution is -0.130. The molecule has 2 aliphatic rings. The number of ether oxygens (including phenoxy) is 1. The number of hydrogen-bond donors (Lipinski definition) is 0. The van der Waals surface area contributed by atoms with Crippen molar-refractivity contribution in [3.8, 4) is 5.75 Å². The lowest BCUT2D eigenvalue weighted by Crippen LogP contribution is -2.47. The van der Waals surface area contributed by atoms with Gasteiger partial charge in [0.15, 0.2) is 0 Å². The lowest BCUT2D eigenvalue weighted by atomic mass is 9.94. The number of para-hydroxylation sites is 1. The fourth-order valence-corrected chi connectivity index (χ4v) is 4.76. The van der Waals surface area contributed by atoms with Gasteiger partial charge in [0, 0.05) is 39.1 Å². The molecule has 1 aromatic carbocycles. The zero-order valence-corrected chi connectivity index (χ0v) is 17.9. The van der Waals surface area contributed by atoms with Crippen LogP contribution in [0.2, 0.25) is 0 Å². The summed E-state index contributed by atoms with van der Waals surface area (Å²) < 4.78 is 5.48. The molecule has 2 saturated heterocycles. The molecular weight excluding hydrogens is 350 g/mol. The van der Waals surface area contributed by atoms with Gasteiger partial charge >= 0.3 is 0 Å². The number of benzene rings is 1. The van der Waals surface area contributed by atoms with Crippen molar-refractivity contribution in [2.75, 3.05) is 53.4 Å². The second-order valence-corrected chi connectivity index (χ2v) is 8.52. The maximum Gasteiger partial charge on any atom is 0.219 e. The topological polar surface area (TPSA) is 36.0 Å². The molecule has 0 spiro atoms. The predicted octanol–water partition coefficient (Wildman–Crippen LogP) is 2.89. The monoisotopic (exact) mass is 387 g/mol. The Kier molecular flexibility index (Phi) is 7.74. The summed E-state index contributed by atoms with van der Waals surface area (Å²) in [5, 5.41) is 0. The highest BCUT2D eigenvalue weighted by atomic mass is 16.5. The summed E-state index contributed by atoms with van der Waals surface area (Å²) in [5.74, 6) is 2.04. The van der Waals surface area contributed by atoms with Crippen LogP contribution in [-0.4, -0.2) is 80.1 Å². The minimum absolute atomic E-state index is 0.224. The van der Waals surface area contributed by atoms with Crippen LogP contribution in [0.4, 0.5) is 0 Å². The van der Waals surface area contributed by atoms with E-state index in [2.05, 4.69) is 35.0 Å². The number of likely N-dealkylation sites (tertiary alicyclic amines) is 2. The van der Waals surface area contributed by atoms with Crippen LogP contribution in [-0.2, 0) is 11.2 Å². The van der Waals surface area contributed by atoms with Crippen LogP contribution in [0, 0.1) is 5.92 Å². The van der Waals surface area contributed by atoms with Crippen LogP contribution in [0.3, 0.4) is 0 Å². The molecule has 0 unspecified atom stereocenters. The Morgan fingerprint density at radius 2 is 1.79 bits per heavy atom. The van der Waals surface area contributed by atoms with Gasteiger partial charge in [-0.3, -0.25) is 4.79 Å². The summed E-state index contributed by atoms with van der Waals surface area (Å²) >= 11 is 0. The van der Waals surface area contributed by atoms with Crippen LogP contribution in [0.1, 0.15) is 38.2 Å². The third-order valence-corrected chi connectivity index (χ3v) is 6.68. The van der Waals surface area contributed by atoms with E-state index >= 15 is 0 Å². The van der Waals surface area contributed by atoms with Gasteiger partial charge < -0.3 is 19.4 Å². The molecule has 1 aromatic rings. The molecule has 0 N–H and O–H groups in total. The first-order chi connectivity index (χ1) is 13.6. The second kappa shape index (κ2) is 10.3. The maximum absolute atomic E-state index is 11.5. The molecule has 5 heteroatoms. The third kappa shape index (κ3) is 5.71. The Morgan fingerprint density at radius 3 is 2.43 bits per heavy atom. The van der Waals surface area contributed by atoms with E-state index in [9.17, 15) is 4.79 Å². The highest BCUT2D eigenvalue weighted by Crippen LogP contribution is 2.23. The Balaban J connectivity index is 1.36. The van der Waals surface area contributed by atoms with Gasteiger partial charge in [-0.15, -0.1) is 0 Å². The second-order valence-electron chi connectivity index (χ2n) is 8.52. The van der Waals surface area contributed by atoms with Gasteiger partial charge in [-0.1, -0.05) is 18.2 Å². The van der Waals surface area contributed by atoms with Crippen molar-refractivity contribution in [2.45, 2.75) is 45.1 Å². The van der Waals surface area contributed by atoms with E-state index < -0.39 is 0 Å². The molecule has 0 bridgehead atoms. The van der Waals surface area contributed by atoms with Gasteiger partial charge in [0.25, 0.3) is 0 Å². The number of carbonyl (C=O) groups is 1. The number of amides is 1. The summed E-state index contributed by atoms with van der Waals surface area (Å²) in [5.41, 5.74) is 1.31. The first-order valence-corrected chi connectivity index (χ1v) is 10.9. The third-order valence-electron chi connectivity index (χ3n) is 6.68. The molecule has 0 aliphatic carbocycles. The van der Waals surface area contributed by atoms with Crippen molar-refractivity contribution in [2.24, 2.45) is 5.92 Å². The SMILES string of the molecule is COc1ccccc1CCN1CCC(CN(C)C2CCN(C(C)=O)CC2)CC1. The lowest BCUT2D eigenvalue weighted by Gasteiger charge is -2.39. The Bertz CT molecular complexity index is 620. The minimum Gasteiger partial charge on any atom is -0.496 e. The van der Waals surface area contributed by atoms with Crippen LogP contribution < -0.4 is 4.74 Å². The summed E-state index contributed by atoms with van der Waals surface area (Å²) in [6.07, 6.45) is 5.89. The van der Waals surface area contributed by atoms with Gasteiger partial charge in [-0.2, -0.15) is 0 Å². The number of hydrogen-bond acceptors (Lipinski definition) is 4. The van der Waals surface area contributed by atoms with E-state index in [-0.39, 0.29) is 5.91 Å². The molecule has 0 aromatic heterocycles. The quantitative estimate of drug-likeness (QED) is 0.721. The normalized spacial score (nSPS) is 19.9. The van der Waals surface area contributed by atoms with Crippen LogP contribution in [0.25, 0.3) is 0 Å². The van der Waals surface area contributed by atoms with Gasteiger partial charge in [0.05, 0.1) is 7.11 Å². The Labute approximate surface area is 170 Å².